The molecule has 0 atom stereocenters. The van der Waals surface area contributed by atoms with E-state index in [-0.39, 0.29) is 0 Å². The van der Waals surface area contributed by atoms with E-state index >= 15 is 0 Å². The van der Waals surface area contributed by atoms with Crippen LogP contribution in [-0.4, -0.2) is 4.57 Å². The van der Waals surface area contributed by atoms with E-state index in [1.807, 2.05) is 0 Å². The van der Waals surface area contributed by atoms with Crippen LogP contribution in [0.2, 0.25) is 0 Å². The number of aromatic nitrogens is 1. The molecule has 2 heteroatoms. The van der Waals surface area contributed by atoms with Crippen molar-refractivity contribution in [3.8, 4) is 50.2 Å². The van der Waals surface area contributed by atoms with Gasteiger partial charge in [-0.05, 0) is 92.9 Å². The van der Waals surface area contributed by atoms with Crippen LogP contribution in [0, 0.1) is 0 Å². The van der Waals surface area contributed by atoms with Crippen molar-refractivity contribution in [2.45, 2.75) is 0 Å². The molecular weight excluding hydrogens is 725 g/mol. The van der Waals surface area contributed by atoms with Crippen LogP contribution in [0.5, 0.6) is 0 Å². The Kier molecular flexibility index (Phi) is 8.87. The number of hydrogen-bond donors (Lipinski definition) is 0. The van der Waals surface area contributed by atoms with Crippen LogP contribution in [0.3, 0.4) is 0 Å². The summed E-state index contributed by atoms with van der Waals surface area (Å²) in [4.78, 5) is 2.37. The summed E-state index contributed by atoms with van der Waals surface area (Å²) in [6, 6.07) is 87.8. The zero-order valence-electron chi connectivity index (χ0n) is 33.0. The fourth-order valence-electron chi connectivity index (χ4n) is 8.86. The van der Waals surface area contributed by atoms with Gasteiger partial charge in [0.25, 0.3) is 0 Å². The molecule has 0 bridgehead atoms. The SMILES string of the molecule is c1ccc(-c2ccc(N(c3ccc(-c4ccc(-c5ccccc5-n5c6ccccc6c6ccc(-c7ccccc7)cc65)cc4)cc3)c3cccc4ccccc34)cc2)cc1. The number of rotatable bonds is 8. The van der Waals surface area contributed by atoms with E-state index in [1.165, 1.54) is 77.1 Å². The van der Waals surface area contributed by atoms with Gasteiger partial charge in [-0.1, -0.05) is 194 Å². The summed E-state index contributed by atoms with van der Waals surface area (Å²) in [6.45, 7) is 0. The Morgan fingerprint density at radius 1 is 0.283 bits per heavy atom. The number of nitrogens with zero attached hydrogens (tertiary/aromatic N) is 2. The molecule has 0 radical (unpaired) electrons. The Morgan fingerprint density at radius 3 is 1.43 bits per heavy atom. The minimum atomic E-state index is 1.11. The van der Waals surface area contributed by atoms with Gasteiger partial charge in [0.05, 0.1) is 22.4 Å². The molecule has 0 saturated heterocycles. The molecule has 1 aromatic heterocycles. The average molecular weight is 765 g/mol. The van der Waals surface area contributed by atoms with E-state index in [2.05, 4.69) is 252 Å². The fourth-order valence-corrected chi connectivity index (χ4v) is 8.86. The summed E-state index contributed by atoms with van der Waals surface area (Å²) in [5.41, 5.74) is 16.5. The highest BCUT2D eigenvalue weighted by Gasteiger charge is 2.18. The molecular formula is C58H40N2. The van der Waals surface area contributed by atoms with Gasteiger partial charge in [0.1, 0.15) is 0 Å². The van der Waals surface area contributed by atoms with Crippen LogP contribution in [0.1, 0.15) is 0 Å². The third kappa shape index (κ3) is 6.32. The highest BCUT2D eigenvalue weighted by Crippen LogP contribution is 2.41. The van der Waals surface area contributed by atoms with Crippen molar-refractivity contribution in [2.24, 2.45) is 0 Å². The second kappa shape index (κ2) is 15.1. The first kappa shape index (κ1) is 35.2. The van der Waals surface area contributed by atoms with Crippen LogP contribution in [-0.2, 0) is 0 Å². The van der Waals surface area contributed by atoms with Gasteiger partial charge in [-0.3, -0.25) is 0 Å². The van der Waals surface area contributed by atoms with Crippen molar-refractivity contribution < 1.29 is 0 Å². The zero-order valence-corrected chi connectivity index (χ0v) is 33.0. The van der Waals surface area contributed by atoms with E-state index in [4.69, 9.17) is 0 Å². The molecule has 1 heterocycles. The lowest BCUT2D eigenvalue weighted by molar-refractivity contribution is 1.18. The minimum absolute atomic E-state index is 1.11. The molecule has 0 aliphatic rings. The second-order valence-corrected chi connectivity index (χ2v) is 15.3. The highest BCUT2D eigenvalue weighted by molar-refractivity contribution is 6.11. The first-order valence-electron chi connectivity index (χ1n) is 20.6. The van der Waals surface area contributed by atoms with E-state index in [1.54, 1.807) is 0 Å². The summed E-state index contributed by atoms with van der Waals surface area (Å²) in [6.07, 6.45) is 0. The fraction of sp³-hybridized carbons (Fsp3) is 0. The summed E-state index contributed by atoms with van der Waals surface area (Å²) in [5, 5.41) is 4.94. The molecule has 2 nitrogen and oxygen atoms in total. The number of anilines is 3. The Balaban J connectivity index is 0.951. The molecule has 10 aromatic carbocycles. The molecule has 0 aliphatic heterocycles. The van der Waals surface area contributed by atoms with Crippen molar-refractivity contribution in [3.05, 3.63) is 243 Å². The van der Waals surface area contributed by atoms with Gasteiger partial charge in [-0.25, -0.2) is 0 Å². The maximum atomic E-state index is 2.44. The number of benzene rings is 10. The van der Waals surface area contributed by atoms with Crippen LogP contribution < -0.4 is 4.90 Å². The maximum absolute atomic E-state index is 2.44. The van der Waals surface area contributed by atoms with Crippen LogP contribution in [0.25, 0.3) is 82.8 Å². The standard InChI is InChI=1S/C58H40N2/c1-3-14-41(15-4-1)44-30-35-49(36-31-44)59(55-25-13-19-46-18-7-8-20-51(46)55)50-37-32-45(33-38-50)43-26-28-47(29-27-43)52-21-9-11-23-56(52)60-57-24-12-10-22-53(57)54-39-34-48(40-58(54)60)42-16-5-2-6-17-42/h1-40H. The van der Waals surface area contributed by atoms with Gasteiger partial charge >= 0.3 is 0 Å². The van der Waals surface area contributed by atoms with E-state index in [0.29, 0.717) is 0 Å². The van der Waals surface area contributed by atoms with Crippen molar-refractivity contribution >= 4 is 49.6 Å². The van der Waals surface area contributed by atoms with Gasteiger partial charge in [0.2, 0.25) is 0 Å². The topological polar surface area (TPSA) is 8.17 Å². The van der Waals surface area contributed by atoms with Gasteiger partial charge in [0.15, 0.2) is 0 Å². The molecule has 0 amide bonds. The lowest BCUT2D eigenvalue weighted by Crippen LogP contribution is -2.10. The summed E-state index contributed by atoms with van der Waals surface area (Å²) in [5.74, 6) is 0. The average Bonchev–Trinajstić information content (AvgIpc) is 3.66. The molecule has 60 heavy (non-hydrogen) atoms. The molecule has 282 valence electrons. The van der Waals surface area contributed by atoms with E-state index in [9.17, 15) is 0 Å². The summed E-state index contributed by atoms with van der Waals surface area (Å²) >= 11 is 0. The number of fused-ring (bicyclic) bond motifs is 4. The largest absolute Gasteiger partial charge is 0.310 e. The quantitative estimate of drug-likeness (QED) is 0.150. The van der Waals surface area contributed by atoms with Gasteiger partial charge in [-0.2, -0.15) is 0 Å². The van der Waals surface area contributed by atoms with Gasteiger partial charge < -0.3 is 9.47 Å². The third-order valence-electron chi connectivity index (χ3n) is 11.8. The number of hydrogen-bond acceptors (Lipinski definition) is 1. The van der Waals surface area contributed by atoms with Crippen LogP contribution in [0.4, 0.5) is 17.1 Å². The Morgan fingerprint density at radius 2 is 0.750 bits per heavy atom. The van der Waals surface area contributed by atoms with Crippen LogP contribution in [0.15, 0.2) is 243 Å². The monoisotopic (exact) mass is 764 g/mol. The van der Waals surface area contributed by atoms with Crippen molar-refractivity contribution in [2.75, 3.05) is 4.90 Å². The zero-order chi connectivity index (χ0) is 39.8. The smallest absolute Gasteiger partial charge is 0.0547 e. The molecule has 11 aromatic rings. The molecule has 11 rings (SSSR count). The first-order chi connectivity index (χ1) is 29.8. The third-order valence-corrected chi connectivity index (χ3v) is 11.8. The first-order valence-corrected chi connectivity index (χ1v) is 20.6. The van der Waals surface area contributed by atoms with Gasteiger partial charge in [0, 0.05) is 33.1 Å². The van der Waals surface area contributed by atoms with E-state index < -0.39 is 0 Å². The Hall–Kier alpha value is -7.94. The van der Waals surface area contributed by atoms with Crippen molar-refractivity contribution in [3.63, 3.8) is 0 Å². The predicted molar refractivity (Wildman–Crippen MR) is 255 cm³/mol. The highest BCUT2D eigenvalue weighted by atomic mass is 15.1. The number of para-hydroxylation sites is 2. The predicted octanol–water partition coefficient (Wildman–Crippen LogP) is 16.1. The molecule has 0 saturated carbocycles. The normalized spacial score (nSPS) is 11.3. The summed E-state index contributed by atoms with van der Waals surface area (Å²) in [7, 11) is 0. The van der Waals surface area contributed by atoms with E-state index in [0.717, 1.165) is 22.7 Å². The molecule has 0 aliphatic carbocycles. The van der Waals surface area contributed by atoms with Crippen molar-refractivity contribution in [1.29, 1.82) is 0 Å². The molecule has 0 unspecified atom stereocenters. The lowest BCUT2D eigenvalue weighted by Gasteiger charge is -2.27. The van der Waals surface area contributed by atoms with Crippen LogP contribution >= 0.6 is 0 Å². The maximum Gasteiger partial charge on any atom is 0.0547 e. The molecule has 0 fully saturated rings. The Bertz CT molecular complexity index is 3270. The minimum Gasteiger partial charge on any atom is -0.310 e. The summed E-state index contributed by atoms with van der Waals surface area (Å²) < 4.78 is 2.44. The Labute approximate surface area is 350 Å². The van der Waals surface area contributed by atoms with Crippen molar-refractivity contribution in [1.82, 2.24) is 4.57 Å². The molecule has 0 spiro atoms. The second-order valence-electron chi connectivity index (χ2n) is 15.3. The molecule has 0 N–H and O–H groups in total. The lowest BCUT2D eigenvalue weighted by atomic mass is 9.98. The van der Waals surface area contributed by atoms with Gasteiger partial charge in [-0.15, -0.1) is 0 Å².